The van der Waals surface area contributed by atoms with Gasteiger partial charge in [-0.05, 0) is 48.9 Å². The molecule has 1 aliphatic heterocycles. The topological polar surface area (TPSA) is 129 Å². The summed E-state index contributed by atoms with van der Waals surface area (Å²) in [5.41, 5.74) is 0.477. The first-order chi connectivity index (χ1) is 17.8. The number of carbonyl (C=O) groups is 1. The number of rotatable bonds is 3. The predicted molar refractivity (Wildman–Crippen MR) is 146 cm³/mol. The molecule has 2 heterocycles. The maximum absolute atomic E-state index is 15.3. The molecule has 0 bridgehead atoms. The third-order valence-corrected chi connectivity index (χ3v) is 6.21. The van der Waals surface area contributed by atoms with E-state index in [1.807, 2.05) is 61.2 Å². The molecule has 3 aromatic carbocycles. The Morgan fingerprint density at radius 1 is 1.03 bits per heavy atom. The van der Waals surface area contributed by atoms with Gasteiger partial charge in [-0.15, -0.1) is 0 Å². The number of carboxylic acids is 1. The quantitative estimate of drug-likeness (QED) is 0.335. The molecule has 0 aliphatic carbocycles. The van der Waals surface area contributed by atoms with Crippen molar-refractivity contribution in [1.82, 2.24) is 9.88 Å². The van der Waals surface area contributed by atoms with Gasteiger partial charge in [-0.2, -0.15) is 8.42 Å². The summed E-state index contributed by atoms with van der Waals surface area (Å²) < 4.78 is 42.8. The fraction of sp³-hybridized carbons (Fsp3) is 0.259. The molecule has 5 rings (SSSR count). The van der Waals surface area contributed by atoms with Crippen molar-refractivity contribution < 1.29 is 27.3 Å². The Kier molecular flexibility index (Phi) is 7.54. The number of pyridine rings is 1. The molecule has 38 heavy (non-hydrogen) atoms. The van der Waals surface area contributed by atoms with E-state index in [9.17, 15) is 23.1 Å². The summed E-state index contributed by atoms with van der Waals surface area (Å²) in [5.74, 6) is -1.88. The molecule has 200 valence electrons. The Hall–Kier alpha value is -3.80. The number of halogens is 1. The lowest BCUT2D eigenvalue weighted by Gasteiger charge is -2.38. The van der Waals surface area contributed by atoms with Crippen molar-refractivity contribution in [3.8, 4) is 5.69 Å². The zero-order valence-electron chi connectivity index (χ0n) is 21.1. The predicted octanol–water partition coefficient (Wildman–Crippen LogP) is 3.67. The van der Waals surface area contributed by atoms with Crippen molar-refractivity contribution in [1.29, 1.82) is 0 Å². The van der Waals surface area contributed by atoms with Crippen molar-refractivity contribution in [3.63, 3.8) is 0 Å². The maximum atomic E-state index is 15.3. The van der Waals surface area contributed by atoms with E-state index in [0.717, 1.165) is 10.8 Å². The molecule has 9 nitrogen and oxygen atoms in total. The second-order valence-corrected chi connectivity index (χ2v) is 11.0. The molecular formula is C27H28FN3O6S. The van der Waals surface area contributed by atoms with Crippen LogP contribution in [-0.2, 0) is 10.1 Å². The van der Waals surface area contributed by atoms with E-state index < -0.39 is 32.9 Å². The minimum Gasteiger partial charge on any atom is -0.477 e. The van der Waals surface area contributed by atoms with Crippen molar-refractivity contribution in [2.75, 3.05) is 24.2 Å². The molecule has 1 fully saturated rings. The minimum absolute atomic E-state index is 0.0422. The van der Waals surface area contributed by atoms with Crippen molar-refractivity contribution in [2.45, 2.75) is 25.9 Å². The Morgan fingerprint density at radius 3 is 2.24 bits per heavy atom. The van der Waals surface area contributed by atoms with Crippen molar-refractivity contribution in [3.05, 3.63) is 82.4 Å². The molecule has 0 radical (unpaired) electrons. The molecular weight excluding hydrogens is 513 g/mol. The van der Waals surface area contributed by atoms with Crippen LogP contribution in [0.2, 0.25) is 0 Å². The van der Waals surface area contributed by atoms with Crippen LogP contribution in [0.25, 0.3) is 27.4 Å². The van der Waals surface area contributed by atoms with Gasteiger partial charge in [-0.25, -0.2) is 9.18 Å². The number of aromatic carboxylic acids is 1. The van der Waals surface area contributed by atoms with E-state index >= 15 is 4.39 Å². The van der Waals surface area contributed by atoms with Gasteiger partial charge in [0.1, 0.15) is 11.4 Å². The highest BCUT2D eigenvalue weighted by atomic mass is 32.2. The van der Waals surface area contributed by atoms with Gasteiger partial charge in [-0.1, -0.05) is 30.3 Å². The number of benzene rings is 3. The fourth-order valence-electron chi connectivity index (χ4n) is 4.79. The number of anilines is 1. The number of hydrogen-bond donors (Lipinski definition) is 3. The highest BCUT2D eigenvalue weighted by molar-refractivity contribution is 7.85. The molecule has 1 aromatic heterocycles. The Bertz CT molecular complexity index is 1680. The van der Waals surface area contributed by atoms with Crippen molar-refractivity contribution >= 4 is 43.5 Å². The molecule has 3 N–H and O–H groups in total. The molecule has 11 heteroatoms. The van der Waals surface area contributed by atoms with Gasteiger partial charge in [0.2, 0.25) is 5.43 Å². The van der Waals surface area contributed by atoms with E-state index in [2.05, 4.69) is 5.32 Å². The van der Waals surface area contributed by atoms with E-state index in [1.54, 1.807) is 10.6 Å². The monoisotopic (exact) mass is 541 g/mol. The SMILES string of the molecule is CS(=O)(=O)O.C[C@@H]1CN(c2cc3c(cc2F)c(=O)c(C(=O)O)cn3-c2ccc3ccccc3c2)C[C@H](C)N1. The second kappa shape index (κ2) is 10.5. The van der Waals surface area contributed by atoms with Gasteiger partial charge in [-0.3, -0.25) is 9.35 Å². The van der Waals surface area contributed by atoms with Gasteiger partial charge in [0.05, 0.1) is 17.5 Å². The summed E-state index contributed by atoms with van der Waals surface area (Å²) >= 11 is 0. The van der Waals surface area contributed by atoms with Gasteiger partial charge in [0, 0.05) is 42.4 Å². The molecule has 0 spiro atoms. The normalized spacial score (nSPS) is 17.8. The molecule has 1 saturated heterocycles. The second-order valence-electron chi connectivity index (χ2n) is 9.51. The van der Waals surface area contributed by atoms with Crippen molar-refractivity contribution in [2.24, 2.45) is 0 Å². The van der Waals surface area contributed by atoms with Crippen LogP contribution in [-0.4, -0.2) is 60.0 Å². The lowest BCUT2D eigenvalue weighted by atomic mass is 10.1. The van der Waals surface area contributed by atoms with Crippen LogP contribution in [0.15, 0.2) is 65.6 Å². The van der Waals surface area contributed by atoms with Crippen LogP contribution >= 0.6 is 0 Å². The number of nitrogens with one attached hydrogen (secondary N) is 1. The number of piperazine rings is 1. The Morgan fingerprint density at radius 2 is 1.63 bits per heavy atom. The highest BCUT2D eigenvalue weighted by Gasteiger charge is 2.25. The summed E-state index contributed by atoms with van der Waals surface area (Å²) in [6.45, 7) is 5.35. The van der Waals surface area contributed by atoms with Crippen LogP contribution in [0.4, 0.5) is 10.1 Å². The standard InChI is InChI=1S/C26H24FN3O3.CH4O3S/c1-15-12-29(13-16(2)28-15)24-11-23-20(10-22(24)27)25(31)21(26(32)33)14-30(23)19-8-7-17-5-3-4-6-18(17)9-19;1-5(2,3)4/h3-11,14-16,28H,12-13H2,1-2H3,(H,32,33);1H3,(H,2,3,4)/t15-,16+;. The largest absolute Gasteiger partial charge is 0.477 e. The third kappa shape index (κ3) is 6.01. The van der Waals surface area contributed by atoms with Crippen LogP contribution in [0.1, 0.15) is 24.2 Å². The molecule has 2 atom stereocenters. The van der Waals surface area contributed by atoms with Gasteiger partial charge >= 0.3 is 5.97 Å². The minimum atomic E-state index is -3.67. The van der Waals surface area contributed by atoms with Gasteiger partial charge in [0.15, 0.2) is 0 Å². The van der Waals surface area contributed by atoms with Gasteiger partial charge < -0.3 is 19.9 Å². The summed E-state index contributed by atoms with van der Waals surface area (Å²) in [6.07, 6.45) is 2.05. The zero-order valence-corrected chi connectivity index (χ0v) is 21.9. The first-order valence-electron chi connectivity index (χ1n) is 11.9. The first kappa shape index (κ1) is 27.2. The molecule has 0 amide bonds. The number of hydrogen-bond acceptors (Lipinski definition) is 6. The van der Waals surface area contributed by atoms with Crippen LogP contribution in [0.3, 0.4) is 0 Å². The summed E-state index contributed by atoms with van der Waals surface area (Å²) in [7, 11) is -3.67. The first-order valence-corrected chi connectivity index (χ1v) is 13.7. The van der Waals surface area contributed by atoms with E-state index in [4.69, 9.17) is 4.55 Å². The lowest BCUT2D eigenvalue weighted by molar-refractivity contribution is 0.0695. The maximum Gasteiger partial charge on any atom is 0.341 e. The fourth-order valence-corrected chi connectivity index (χ4v) is 4.79. The average Bonchev–Trinajstić information content (AvgIpc) is 2.82. The molecule has 1 aliphatic rings. The molecule has 0 unspecified atom stereocenters. The number of nitrogens with zero attached hydrogens (tertiary/aromatic N) is 2. The molecule has 0 saturated carbocycles. The number of fused-ring (bicyclic) bond motifs is 2. The summed E-state index contributed by atoms with van der Waals surface area (Å²) in [4.78, 5) is 26.7. The molecule has 4 aromatic rings. The van der Waals surface area contributed by atoms with E-state index in [1.165, 1.54) is 12.3 Å². The highest BCUT2D eigenvalue weighted by Crippen LogP contribution is 2.29. The lowest BCUT2D eigenvalue weighted by Crippen LogP contribution is -2.54. The van der Waals surface area contributed by atoms with Crippen LogP contribution in [0, 0.1) is 5.82 Å². The number of aromatic nitrogens is 1. The van der Waals surface area contributed by atoms with Crippen LogP contribution in [0.5, 0.6) is 0 Å². The summed E-state index contributed by atoms with van der Waals surface area (Å²) in [5, 5.41) is 15.1. The van der Waals surface area contributed by atoms with Crippen LogP contribution < -0.4 is 15.6 Å². The van der Waals surface area contributed by atoms with E-state index in [0.29, 0.717) is 36.2 Å². The smallest absolute Gasteiger partial charge is 0.341 e. The van der Waals surface area contributed by atoms with Gasteiger partial charge in [0.25, 0.3) is 10.1 Å². The average molecular weight is 542 g/mol. The summed E-state index contributed by atoms with van der Waals surface area (Å²) in [6, 6.07) is 16.8. The third-order valence-electron chi connectivity index (χ3n) is 6.21. The van der Waals surface area contributed by atoms with E-state index in [-0.39, 0.29) is 17.5 Å². The Labute approximate surface area is 218 Å². The number of carboxylic acid groups (broad SMARTS) is 1. The zero-order chi connectivity index (χ0) is 27.8. The Balaban J connectivity index is 0.000000617.